The molecule has 0 unspecified atom stereocenters. The molecule has 6 heteroatoms. The number of hydrogen-bond acceptors (Lipinski definition) is 4. The van der Waals surface area contributed by atoms with Crippen molar-refractivity contribution in [2.24, 2.45) is 0 Å². The van der Waals surface area contributed by atoms with E-state index in [4.69, 9.17) is 4.74 Å². The van der Waals surface area contributed by atoms with Crippen molar-refractivity contribution in [2.75, 3.05) is 20.3 Å². The Bertz CT molecular complexity index is 668. The van der Waals surface area contributed by atoms with Crippen molar-refractivity contribution in [1.82, 2.24) is 15.1 Å². The predicted octanol–water partition coefficient (Wildman–Crippen LogP) is 1.06. The molecular weight excluding hydrogens is 282 g/mol. The van der Waals surface area contributed by atoms with Crippen molar-refractivity contribution in [3.05, 3.63) is 52.8 Å². The highest BCUT2D eigenvalue weighted by molar-refractivity contribution is 5.75. The summed E-state index contributed by atoms with van der Waals surface area (Å²) in [6.45, 7) is 1.01. The topological polar surface area (TPSA) is 73.2 Å². The highest BCUT2D eigenvalue weighted by Gasteiger charge is 2.07. The van der Waals surface area contributed by atoms with E-state index in [1.807, 2.05) is 30.3 Å². The van der Waals surface area contributed by atoms with Gasteiger partial charge in [-0.15, -0.1) is 0 Å². The molecule has 0 radical (unpaired) electrons. The maximum absolute atomic E-state index is 11.8. The molecule has 1 aromatic heterocycles. The number of nitrogens with one attached hydrogen (secondary N) is 1. The first-order valence-electron chi connectivity index (χ1n) is 7.10. The number of nitrogens with zero attached hydrogens (tertiary/aromatic N) is 2. The molecule has 0 aliphatic carbocycles. The van der Waals surface area contributed by atoms with Crippen LogP contribution in [-0.2, 0) is 16.1 Å². The number of benzene rings is 1. The van der Waals surface area contributed by atoms with Gasteiger partial charge in [0.25, 0.3) is 5.56 Å². The van der Waals surface area contributed by atoms with Crippen LogP contribution in [0.1, 0.15) is 6.42 Å². The van der Waals surface area contributed by atoms with E-state index in [-0.39, 0.29) is 18.0 Å². The molecule has 22 heavy (non-hydrogen) atoms. The van der Waals surface area contributed by atoms with Crippen LogP contribution in [0.3, 0.4) is 0 Å². The van der Waals surface area contributed by atoms with Gasteiger partial charge in [-0.2, -0.15) is 5.10 Å². The molecule has 0 fully saturated rings. The van der Waals surface area contributed by atoms with Gasteiger partial charge in [-0.3, -0.25) is 9.59 Å². The standard InChI is InChI=1S/C16H19N3O3/c1-22-11-5-10-17-15(20)12-19-16(21)9-8-14(18-19)13-6-3-2-4-7-13/h2-4,6-9H,5,10-12H2,1H3,(H,17,20). The van der Waals surface area contributed by atoms with Crippen molar-refractivity contribution < 1.29 is 9.53 Å². The van der Waals surface area contributed by atoms with E-state index >= 15 is 0 Å². The Labute approximate surface area is 128 Å². The number of ether oxygens (including phenoxy) is 1. The van der Waals surface area contributed by atoms with Gasteiger partial charge in [-0.05, 0) is 12.5 Å². The molecule has 1 N–H and O–H groups in total. The summed E-state index contributed by atoms with van der Waals surface area (Å²) in [5.41, 5.74) is 1.26. The molecule has 0 atom stereocenters. The van der Waals surface area contributed by atoms with E-state index in [2.05, 4.69) is 10.4 Å². The number of carbonyl (C=O) groups excluding carboxylic acids is 1. The third kappa shape index (κ3) is 4.53. The van der Waals surface area contributed by atoms with Crippen LogP contribution in [0.25, 0.3) is 11.3 Å². The van der Waals surface area contributed by atoms with Crippen LogP contribution in [0.15, 0.2) is 47.3 Å². The Kier molecular flexibility index (Phi) is 5.85. The quantitative estimate of drug-likeness (QED) is 0.776. The van der Waals surface area contributed by atoms with Gasteiger partial charge < -0.3 is 10.1 Å². The second-order valence-electron chi connectivity index (χ2n) is 4.78. The van der Waals surface area contributed by atoms with E-state index in [0.29, 0.717) is 18.8 Å². The van der Waals surface area contributed by atoms with Crippen molar-refractivity contribution in [1.29, 1.82) is 0 Å². The van der Waals surface area contributed by atoms with Crippen LogP contribution in [0.4, 0.5) is 0 Å². The molecule has 0 spiro atoms. The number of hydrogen-bond donors (Lipinski definition) is 1. The van der Waals surface area contributed by atoms with Gasteiger partial charge in [0.2, 0.25) is 5.91 Å². The number of amides is 1. The normalized spacial score (nSPS) is 10.4. The van der Waals surface area contributed by atoms with Crippen LogP contribution >= 0.6 is 0 Å². The summed E-state index contributed by atoms with van der Waals surface area (Å²) in [7, 11) is 1.61. The Morgan fingerprint density at radius 3 is 2.73 bits per heavy atom. The fourth-order valence-electron chi connectivity index (χ4n) is 1.96. The lowest BCUT2D eigenvalue weighted by atomic mass is 10.1. The number of methoxy groups -OCH3 is 1. The van der Waals surface area contributed by atoms with Gasteiger partial charge in [0, 0.05) is 31.9 Å². The summed E-state index contributed by atoms with van der Waals surface area (Å²) in [6.07, 6.45) is 0.731. The molecule has 1 heterocycles. The van der Waals surface area contributed by atoms with Gasteiger partial charge in [0.1, 0.15) is 6.54 Å². The van der Waals surface area contributed by atoms with Gasteiger partial charge >= 0.3 is 0 Å². The molecule has 116 valence electrons. The van der Waals surface area contributed by atoms with Gasteiger partial charge in [0.15, 0.2) is 0 Å². The van der Waals surface area contributed by atoms with E-state index in [0.717, 1.165) is 12.0 Å². The SMILES string of the molecule is COCCCNC(=O)Cn1nc(-c2ccccc2)ccc1=O. The summed E-state index contributed by atoms with van der Waals surface area (Å²) >= 11 is 0. The maximum atomic E-state index is 11.8. The molecular formula is C16H19N3O3. The molecule has 0 saturated heterocycles. The highest BCUT2D eigenvalue weighted by Crippen LogP contribution is 2.13. The molecule has 2 rings (SSSR count). The average molecular weight is 301 g/mol. The van der Waals surface area contributed by atoms with E-state index in [1.165, 1.54) is 10.7 Å². The number of rotatable bonds is 7. The second-order valence-corrected chi connectivity index (χ2v) is 4.78. The first-order valence-corrected chi connectivity index (χ1v) is 7.10. The Morgan fingerprint density at radius 2 is 2.00 bits per heavy atom. The largest absolute Gasteiger partial charge is 0.385 e. The molecule has 0 saturated carbocycles. The molecule has 2 aromatic rings. The van der Waals surface area contributed by atoms with Gasteiger partial charge in [-0.1, -0.05) is 30.3 Å². The fourth-order valence-corrected chi connectivity index (χ4v) is 1.96. The lowest BCUT2D eigenvalue weighted by molar-refractivity contribution is -0.121. The predicted molar refractivity (Wildman–Crippen MR) is 83.4 cm³/mol. The summed E-state index contributed by atoms with van der Waals surface area (Å²) < 4.78 is 6.08. The van der Waals surface area contributed by atoms with Crippen molar-refractivity contribution in [3.63, 3.8) is 0 Å². The monoisotopic (exact) mass is 301 g/mol. The van der Waals surface area contributed by atoms with Crippen LogP contribution in [0.2, 0.25) is 0 Å². The van der Waals surface area contributed by atoms with E-state index < -0.39 is 0 Å². The fraction of sp³-hybridized carbons (Fsp3) is 0.312. The average Bonchev–Trinajstić information content (AvgIpc) is 2.54. The zero-order chi connectivity index (χ0) is 15.8. The molecule has 0 aliphatic rings. The molecule has 1 amide bonds. The minimum Gasteiger partial charge on any atom is -0.385 e. The van der Waals surface area contributed by atoms with Crippen LogP contribution in [0, 0.1) is 0 Å². The number of carbonyl (C=O) groups is 1. The summed E-state index contributed by atoms with van der Waals surface area (Å²) in [5.74, 6) is -0.240. The van der Waals surface area contributed by atoms with Crippen LogP contribution in [-0.4, -0.2) is 35.9 Å². The molecule has 1 aromatic carbocycles. The summed E-state index contributed by atoms with van der Waals surface area (Å²) in [4.78, 5) is 23.6. The third-order valence-electron chi connectivity index (χ3n) is 3.08. The van der Waals surface area contributed by atoms with E-state index in [9.17, 15) is 9.59 Å². The van der Waals surface area contributed by atoms with Crippen molar-refractivity contribution in [3.8, 4) is 11.3 Å². The van der Waals surface area contributed by atoms with E-state index in [1.54, 1.807) is 13.2 Å². The zero-order valence-electron chi connectivity index (χ0n) is 12.5. The van der Waals surface area contributed by atoms with Crippen molar-refractivity contribution in [2.45, 2.75) is 13.0 Å². The maximum Gasteiger partial charge on any atom is 0.267 e. The minimum absolute atomic E-state index is 0.0908. The minimum atomic E-state index is -0.299. The number of aromatic nitrogens is 2. The molecule has 0 bridgehead atoms. The second kappa shape index (κ2) is 8.09. The lowest BCUT2D eigenvalue weighted by Crippen LogP contribution is -2.34. The Hall–Kier alpha value is -2.47. The van der Waals surface area contributed by atoms with Gasteiger partial charge in [0.05, 0.1) is 5.69 Å². The summed E-state index contributed by atoms with van der Waals surface area (Å²) in [6, 6.07) is 12.6. The Balaban J connectivity index is 2.05. The first kappa shape index (κ1) is 15.9. The first-order chi connectivity index (χ1) is 10.7. The Morgan fingerprint density at radius 1 is 1.23 bits per heavy atom. The molecule has 6 nitrogen and oxygen atoms in total. The van der Waals surface area contributed by atoms with Crippen molar-refractivity contribution >= 4 is 5.91 Å². The van der Waals surface area contributed by atoms with Gasteiger partial charge in [-0.25, -0.2) is 4.68 Å². The van der Waals surface area contributed by atoms with Crippen LogP contribution in [0.5, 0.6) is 0 Å². The van der Waals surface area contributed by atoms with Crippen LogP contribution < -0.4 is 10.9 Å². The zero-order valence-corrected chi connectivity index (χ0v) is 12.5. The highest BCUT2D eigenvalue weighted by atomic mass is 16.5. The summed E-state index contributed by atoms with van der Waals surface area (Å²) in [5, 5.41) is 6.98. The lowest BCUT2D eigenvalue weighted by Gasteiger charge is -2.08. The third-order valence-corrected chi connectivity index (χ3v) is 3.08. The molecule has 0 aliphatic heterocycles. The smallest absolute Gasteiger partial charge is 0.267 e.